The molecule has 3 aromatic heterocycles. The van der Waals surface area contributed by atoms with Crippen LogP contribution in [0.4, 0.5) is 11.5 Å². The number of halogens is 1. The normalized spacial score (nSPS) is 11.4. The number of rotatable bonds is 4. The van der Waals surface area contributed by atoms with E-state index in [1.807, 2.05) is 0 Å². The summed E-state index contributed by atoms with van der Waals surface area (Å²) < 4.78 is 2.28. The van der Waals surface area contributed by atoms with Crippen LogP contribution in [0.5, 0.6) is 0 Å². The molecule has 3 heterocycles. The van der Waals surface area contributed by atoms with E-state index < -0.39 is 0 Å². The predicted octanol–water partition coefficient (Wildman–Crippen LogP) is 8.76. The largest absolute Gasteiger partial charge is 0.340 e. The van der Waals surface area contributed by atoms with Crippen molar-refractivity contribution in [1.29, 1.82) is 0 Å². The van der Waals surface area contributed by atoms with Crippen LogP contribution in [0.2, 0.25) is 0 Å². The zero-order chi connectivity index (χ0) is 23.2. The standard InChI is InChI=1S/C27H19BrN4S2/c1-15-3-12-21-22(13-15)34-26(32-21)18-6-10-20(11-7-18)31-25-24-23(17-4-8-19(28)9-5-17)16(2)33-27(24)30-14-29-25/h3-14H,1-2H3,(H,29,30,31). The van der Waals surface area contributed by atoms with Gasteiger partial charge in [-0.1, -0.05) is 34.1 Å². The van der Waals surface area contributed by atoms with Gasteiger partial charge in [0.2, 0.25) is 0 Å². The van der Waals surface area contributed by atoms with Gasteiger partial charge in [-0.15, -0.1) is 22.7 Å². The number of hydrogen-bond donors (Lipinski definition) is 1. The van der Waals surface area contributed by atoms with Crippen molar-refractivity contribution in [2.75, 3.05) is 5.32 Å². The Bertz CT molecular complexity index is 1650. The molecule has 1 N–H and O–H groups in total. The summed E-state index contributed by atoms with van der Waals surface area (Å²) in [5.41, 5.74) is 6.72. The molecule has 0 unspecified atom stereocenters. The highest BCUT2D eigenvalue weighted by atomic mass is 79.9. The van der Waals surface area contributed by atoms with Gasteiger partial charge in [0.05, 0.1) is 15.6 Å². The zero-order valence-electron chi connectivity index (χ0n) is 18.5. The van der Waals surface area contributed by atoms with E-state index in [2.05, 4.69) is 112 Å². The fourth-order valence-electron chi connectivity index (χ4n) is 4.09. The second-order valence-electron chi connectivity index (χ2n) is 8.14. The third-order valence-corrected chi connectivity index (χ3v) is 8.34. The third-order valence-electron chi connectivity index (χ3n) is 5.74. The third kappa shape index (κ3) is 3.90. The summed E-state index contributed by atoms with van der Waals surface area (Å²) in [6, 6.07) is 23.2. The summed E-state index contributed by atoms with van der Waals surface area (Å²) in [6.07, 6.45) is 1.63. The number of fused-ring (bicyclic) bond motifs is 2. The van der Waals surface area contributed by atoms with Gasteiger partial charge in [-0.25, -0.2) is 15.0 Å². The number of thiophene rings is 1. The monoisotopic (exact) mass is 542 g/mol. The number of benzene rings is 3. The Labute approximate surface area is 213 Å². The molecule has 0 saturated heterocycles. The Hall–Kier alpha value is -3.13. The first-order valence-electron chi connectivity index (χ1n) is 10.8. The second kappa shape index (κ2) is 8.58. The lowest BCUT2D eigenvalue weighted by Gasteiger charge is -2.10. The first kappa shape index (κ1) is 21.4. The van der Waals surface area contributed by atoms with E-state index >= 15 is 0 Å². The van der Waals surface area contributed by atoms with Crippen molar-refractivity contribution < 1.29 is 0 Å². The van der Waals surface area contributed by atoms with Crippen LogP contribution in [-0.4, -0.2) is 15.0 Å². The fourth-order valence-corrected chi connectivity index (χ4v) is 6.44. The molecule has 0 amide bonds. The average Bonchev–Trinajstić information content (AvgIpc) is 3.41. The van der Waals surface area contributed by atoms with Gasteiger partial charge in [0, 0.05) is 26.2 Å². The maximum atomic E-state index is 4.81. The smallest absolute Gasteiger partial charge is 0.143 e. The van der Waals surface area contributed by atoms with Crippen LogP contribution < -0.4 is 5.32 Å². The number of aryl methyl sites for hydroxylation is 2. The number of aromatic nitrogens is 3. The first-order chi connectivity index (χ1) is 16.5. The Kier molecular flexibility index (Phi) is 5.40. The van der Waals surface area contributed by atoms with Crippen LogP contribution in [0, 0.1) is 13.8 Å². The van der Waals surface area contributed by atoms with Gasteiger partial charge >= 0.3 is 0 Å². The molecule has 0 atom stereocenters. The fraction of sp³-hybridized carbons (Fsp3) is 0.0741. The molecular weight excluding hydrogens is 524 g/mol. The van der Waals surface area contributed by atoms with Crippen molar-refractivity contribution in [3.05, 3.63) is 88.0 Å². The molecule has 0 bridgehead atoms. The number of thiazole rings is 1. The average molecular weight is 544 g/mol. The molecular formula is C27H19BrN4S2. The van der Waals surface area contributed by atoms with Crippen molar-refractivity contribution in [2.45, 2.75) is 13.8 Å². The molecule has 166 valence electrons. The molecule has 3 aromatic carbocycles. The van der Waals surface area contributed by atoms with Gasteiger partial charge in [0.1, 0.15) is 22.0 Å². The lowest BCUT2D eigenvalue weighted by molar-refractivity contribution is 1.23. The second-order valence-corrected chi connectivity index (χ2v) is 11.3. The van der Waals surface area contributed by atoms with Gasteiger partial charge < -0.3 is 5.32 Å². The molecule has 0 fully saturated rings. The van der Waals surface area contributed by atoms with Gasteiger partial charge in [-0.05, 0) is 73.5 Å². The summed E-state index contributed by atoms with van der Waals surface area (Å²) in [5, 5.41) is 5.61. The quantitative estimate of drug-likeness (QED) is 0.242. The minimum atomic E-state index is 0.815. The SMILES string of the molecule is Cc1ccc2nc(-c3ccc(Nc4ncnc5sc(C)c(-c6ccc(Br)cc6)c45)cc3)sc2c1. The van der Waals surface area contributed by atoms with E-state index in [-0.39, 0.29) is 0 Å². The van der Waals surface area contributed by atoms with Crippen LogP contribution in [0.3, 0.4) is 0 Å². The van der Waals surface area contributed by atoms with Gasteiger partial charge in [0.25, 0.3) is 0 Å². The van der Waals surface area contributed by atoms with Crippen LogP contribution in [0.25, 0.3) is 42.1 Å². The number of hydrogen-bond acceptors (Lipinski definition) is 6. The van der Waals surface area contributed by atoms with Crippen molar-refractivity contribution >= 4 is 70.5 Å². The van der Waals surface area contributed by atoms with Gasteiger partial charge in [0.15, 0.2) is 0 Å². The number of anilines is 2. The molecule has 0 spiro atoms. The topological polar surface area (TPSA) is 50.7 Å². The van der Waals surface area contributed by atoms with Crippen molar-refractivity contribution in [3.8, 4) is 21.7 Å². The molecule has 4 nitrogen and oxygen atoms in total. The Morgan fingerprint density at radius 2 is 1.59 bits per heavy atom. The maximum absolute atomic E-state index is 4.81. The molecule has 0 radical (unpaired) electrons. The summed E-state index contributed by atoms with van der Waals surface area (Å²) >= 11 is 6.95. The molecule has 6 aromatic rings. The Morgan fingerprint density at radius 1 is 0.824 bits per heavy atom. The van der Waals surface area contributed by atoms with E-state index in [4.69, 9.17) is 4.98 Å². The highest BCUT2D eigenvalue weighted by molar-refractivity contribution is 9.10. The van der Waals surface area contributed by atoms with Crippen molar-refractivity contribution in [2.24, 2.45) is 0 Å². The molecule has 6 rings (SSSR count). The summed E-state index contributed by atoms with van der Waals surface area (Å²) in [4.78, 5) is 16.2. The van der Waals surface area contributed by atoms with E-state index in [9.17, 15) is 0 Å². The maximum Gasteiger partial charge on any atom is 0.143 e. The molecule has 0 saturated carbocycles. The van der Waals surface area contributed by atoms with Crippen LogP contribution in [0.1, 0.15) is 10.4 Å². The van der Waals surface area contributed by atoms with Crippen LogP contribution in [-0.2, 0) is 0 Å². The molecule has 7 heteroatoms. The summed E-state index contributed by atoms with van der Waals surface area (Å²) in [6.45, 7) is 4.25. The van der Waals surface area contributed by atoms with Gasteiger partial charge in [-0.2, -0.15) is 0 Å². The highest BCUT2D eigenvalue weighted by Crippen LogP contribution is 2.41. The minimum Gasteiger partial charge on any atom is -0.340 e. The van der Waals surface area contributed by atoms with Crippen LogP contribution in [0.15, 0.2) is 77.5 Å². The van der Waals surface area contributed by atoms with Crippen LogP contribution >= 0.6 is 38.6 Å². The number of nitrogens with one attached hydrogen (secondary N) is 1. The molecule has 34 heavy (non-hydrogen) atoms. The Balaban J connectivity index is 1.35. The molecule has 0 aliphatic heterocycles. The summed E-state index contributed by atoms with van der Waals surface area (Å²) in [7, 11) is 0. The van der Waals surface area contributed by atoms with E-state index in [1.54, 1.807) is 29.0 Å². The van der Waals surface area contributed by atoms with E-state index in [0.29, 0.717) is 0 Å². The Morgan fingerprint density at radius 3 is 2.38 bits per heavy atom. The zero-order valence-corrected chi connectivity index (χ0v) is 21.7. The summed E-state index contributed by atoms with van der Waals surface area (Å²) in [5.74, 6) is 0.815. The molecule has 0 aliphatic carbocycles. The van der Waals surface area contributed by atoms with Crippen molar-refractivity contribution in [3.63, 3.8) is 0 Å². The van der Waals surface area contributed by atoms with E-state index in [0.717, 1.165) is 47.8 Å². The first-order valence-corrected chi connectivity index (χ1v) is 13.2. The van der Waals surface area contributed by atoms with E-state index in [1.165, 1.54) is 20.7 Å². The van der Waals surface area contributed by atoms with Crippen molar-refractivity contribution in [1.82, 2.24) is 15.0 Å². The lowest BCUT2D eigenvalue weighted by Crippen LogP contribution is -1.95. The predicted molar refractivity (Wildman–Crippen MR) is 148 cm³/mol. The number of nitrogens with zero attached hydrogens (tertiary/aromatic N) is 3. The highest BCUT2D eigenvalue weighted by Gasteiger charge is 2.17. The molecule has 0 aliphatic rings. The minimum absolute atomic E-state index is 0.815. The van der Waals surface area contributed by atoms with Gasteiger partial charge in [-0.3, -0.25) is 0 Å². The lowest BCUT2D eigenvalue weighted by atomic mass is 10.0.